The van der Waals surface area contributed by atoms with Crippen molar-refractivity contribution in [2.45, 2.75) is 27.4 Å². The number of amides is 2. The van der Waals surface area contributed by atoms with Crippen LogP contribution in [-0.4, -0.2) is 48.0 Å². The maximum Gasteiger partial charge on any atom is 0.257 e. The zero-order valence-electron chi connectivity index (χ0n) is 22.1. The van der Waals surface area contributed by atoms with E-state index in [1.54, 1.807) is 18.2 Å². The fraction of sp³-hybridized carbons (Fsp3) is 0.300. The van der Waals surface area contributed by atoms with Crippen molar-refractivity contribution in [2.24, 2.45) is 5.41 Å². The summed E-state index contributed by atoms with van der Waals surface area (Å²) in [5, 5.41) is 6.01. The number of hydrogen-bond acceptors (Lipinski definition) is 5. The van der Waals surface area contributed by atoms with Crippen LogP contribution in [0.25, 0.3) is 0 Å². The standard InChI is InChI=1S/C30H34N4O3S/c1-30(2,3)28(36)34-18-16-33(17-19-34)25-14-12-24(13-15-25)31-29(38)32-27(35)23-10-7-11-26(20-23)37-21-22-8-5-4-6-9-22/h4-15,20H,16-19,21H2,1-3H3,(H2,31,32,35,38). The molecule has 1 aliphatic heterocycles. The van der Waals surface area contributed by atoms with E-state index in [9.17, 15) is 9.59 Å². The summed E-state index contributed by atoms with van der Waals surface area (Å²) in [6.45, 7) is 9.30. The molecule has 38 heavy (non-hydrogen) atoms. The van der Waals surface area contributed by atoms with Gasteiger partial charge >= 0.3 is 0 Å². The van der Waals surface area contributed by atoms with Gasteiger partial charge in [-0.3, -0.25) is 14.9 Å². The second kappa shape index (κ2) is 12.1. The highest BCUT2D eigenvalue weighted by atomic mass is 32.1. The molecule has 198 valence electrons. The predicted molar refractivity (Wildman–Crippen MR) is 156 cm³/mol. The number of benzene rings is 3. The first-order chi connectivity index (χ1) is 18.2. The summed E-state index contributed by atoms with van der Waals surface area (Å²) in [4.78, 5) is 29.5. The van der Waals surface area contributed by atoms with Crippen molar-refractivity contribution >= 4 is 40.5 Å². The van der Waals surface area contributed by atoms with Gasteiger partial charge in [0.25, 0.3) is 5.91 Å². The highest BCUT2D eigenvalue weighted by Crippen LogP contribution is 2.23. The van der Waals surface area contributed by atoms with E-state index in [2.05, 4.69) is 15.5 Å². The normalized spacial score (nSPS) is 13.6. The summed E-state index contributed by atoms with van der Waals surface area (Å²) in [7, 11) is 0. The van der Waals surface area contributed by atoms with E-state index in [1.807, 2.05) is 86.3 Å². The SMILES string of the molecule is CC(C)(C)C(=O)N1CCN(c2ccc(NC(=S)NC(=O)c3cccc(OCc4ccccc4)c3)cc2)CC1. The highest BCUT2D eigenvalue weighted by molar-refractivity contribution is 7.80. The molecular weight excluding hydrogens is 496 g/mol. The zero-order chi connectivity index (χ0) is 27.1. The van der Waals surface area contributed by atoms with Gasteiger partial charge in [0.15, 0.2) is 5.11 Å². The van der Waals surface area contributed by atoms with Crippen molar-refractivity contribution < 1.29 is 14.3 Å². The zero-order valence-corrected chi connectivity index (χ0v) is 22.9. The number of anilines is 2. The average molecular weight is 531 g/mol. The van der Waals surface area contributed by atoms with Crippen molar-refractivity contribution in [1.82, 2.24) is 10.2 Å². The molecule has 0 unspecified atom stereocenters. The molecule has 3 aromatic rings. The number of carbonyl (C=O) groups is 2. The Balaban J connectivity index is 1.26. The van der Waals surface area contributed by atoms with E-state index >= 15 is 0 Å². The Morgan fingerprint density at radius 2 is 1.58 bits per heavy atom. The number of ether oxygens (including phenoxy) is 1. The number of hydrogen-bond donors (Lipinski definition) is 2. The van der Waals surface area contributed by atoms with Crippen molar-refractivity contribution in [3.63, 3.8) is 0 Å². The highest BCUT2D eigenvalue weighted by Gasteiger charge is 2.29. The molecule has 1 aliphatic rings. The van der Waals surface area contributed by atoms with E-state index < -0.39 is 0 Å². The van der Waals surface area contributed by atoms with E-state index in [0.29, 0.717) is 31.0 Å². The molecule has 1 heterocycles. The van der Waals surface area contributed by atoms with Gasteiger partial charge in [0.05, 0.1) is 0 Å². The smallest absolute Gasteiger partial charge is 0.257 e. The van der Waals surface area contributed by atoms with E-state index in [4.69, 9.17) is 17.0 Å². The lowest BCUT2D eigenvalue weighted by atomic mass is 9.94. The Bertz CT molecular complexity index is 1260. The number of nitrogens with zero attached hydrogens (tertiary/aromatic N) is 2. The molecule has 0 saturated carbocycles. The van der Waals surface area contributed by atoms with Crippen LogP contribution in [0.4, 0.5) is 11.4 Å². The van der Waals surface area contributed by atoms with Gasteiger partial charge < -0.3 is 19.9 Å². The van der Waals surface area contributed by atoms with Gasteiger partial charge in [0.1, 0.15) is 12.4 Å². The minimum absolute atomic E-state index is 0.193. The number of nitrogens with one attached hydrogen (secondary N) is 2. The molecule has 1 fully saturated rings. The summed E-state index contributed by atoms with van der Waals surface area (Å²) in [5.41, 5.74) is 3.01. The maximum atomic E-state index is 12.7. The van der Waals surface area contributed by atoms with Gasteiger partial charge in [-0.2, -0.15) is 0 Å². The largest absolute Gasteiger partial charge is 0.489 e. The molecule has 0 atom stereocenters. The molecule has 4 rings (SSSR count). The number of thiocarbonyl (C=S) groups is 1. The molecule has 0 bridgehead atoms. The summed E-state index contributed by atoms with van der Waals surface area (Å²) >= 11 is 5.36. The van der Waals surface area contributed by atoms with Crippen LogP contribution in [0.1, 0.15) is 36.7 Å². The second-order valence-electron chi connectivity index (χ2n) is 10.3. The molecule has 0 aromatic heterocycles. The lowest BCUT2D eigenvalue weighted by molar-refractivity contribution is -0.139. The van der Waals surface area contributed by atoms with Crippen molar-refractivity contribution in [3.8, 4) is 5.75 Å². The van der Waals surface area contributed by atoms with Gasteiger partial charge in [-0.25, -0.2) is 0 Å². The summed E-state index contributed by atoms with van der Waals surface area (Å²) in [6, 6.07) is 24.8. The lowest BCUT2D eigenvalue weighted by Gasteiger charge is -2.38. The lowest BCUT2D eigenvalue weighted by Crippen LogP contribution is -2.51. The number of carbonyl (C=O) groups excluding carboxylic acids is 2. The molecule has 0 spiro atoms. The molecule has 1 saturated heterocycles. The van der Waals surface area contributed by atoms with E-state index in [-0.39, 0.29) is 22.3 Å². The van der Waals surface area contributed by atoms with Gasteiger partial charge in [-0.05, 0) is 60.2 Å². The molecule has 0 aliphatic carbocycles. The fourth-order valence-corrected chi connectivity index (χ4v) is 4.41. The van der Waals surface area contributed by atoms with Crippen LogP contribution >= 0.6 is 12.2 Å². The van der Waals surface area contributed by atoms with E-state index in [0.717, 1.165) is 30.0 Å². The molecule has 2 amide bonds. The number of piperazine rings is 1. The topological polar surface area (TPSA) is 73.9 Å². The molecule has 8 heteroatoms. The third kappa shape index (κ3) is 7.32. The Morgan fingerprint density at radius 1 is 0.895 bits per heavy atom. The van der Waals surface area contributed by atoms with Gasteiger partial charge in [-0.1, -0.05) is 57.2 Å². The molecule has 2 N–H and O–H groups in total. The summed E-state index contributed by atoms with van der Waals surface area (Å²) in [6.07, 6.45) is 0. The predicted octanol–water partition coefficient (Wildman–Crippen LogP) is 5.09. The van der Waals surface area contributed by atoms with Crippen molar-refractivity contribution in [1.29, 1.82) is 0 Å². The van der Waals surface area contributed by atoms with Crippen LogP contribution in [0, 0.1) is 5.41 Å². The van der Waals surface area contributed by atoms with Crippen LogP contribution in [0.15, 0.2) is 78.9 Å². The Morgan fingerprint density at radius 3 is 2.24 bits per heavy atom. The van der Waals surface area contributed by atoms with Gasteiger partial charge in [0.2, 0.25) is 5.91 Å². The summed E-state index contributed by atoms with van der Waals surface area (Å²) in [5.74, 6) is 0.491. The fourth-order valence-electron chi connectivity index (χ4n) is 4.20. The third-order valence-electron chi connectivity index (χ3n) is 6.27. The minimum Gasteiger partial charge on any atom is -0.489 e. The first-order valence-corrected chi connectivity index (χ1v) is 13.1. The van der Waals surface area contributed by atoms with Crippen molar-refractivity contribution in [3.05, 3.63) is 90.0 Å². The van der Waals surface area contributed by atoms with Crippen LogP contribution in [0.3, 0.4) is 0 Å². The van der Waals surface area contributed by atoms with Crippen LogP contribution in [0.5, 0.6) is 5.75 Å². The van der Waals surface area contributed by atoms with Crippen LogP contribution in [-0.2, 0) is 11.4 Å². The van der Waals surface area contributed by atoms with Gasteiger partial charge in [0, 0.05) is 48.5 Å². The van der Waals surface area contributed by atoms with Crippen LogP contribution in [0.2, 0.25) is 0 Å². The average Bonchev–Trinajstić information content (AvgIpc) is 2.92. The Hall–Kier alpha value is -3.91. The Kier molecular flexibility index (Phi) is 8.63. The molecule has 3 aromatic carbocycles. The molecule has 0 radical (unpaired) electrons. The minimum atomic E-state index is -0.359. The van der Waals surface area contributed by atoms with Crippen LogP contribution < -0.4 is 20.3 Å². The van der Waals surface area contributed by atoms with E-state index in [1.165, 1.54) is 0 Å². The maximum absolute atomic E-state index is 12.7. The molecule has 7 nitrogen and oxygen atoms in total. The van der Waals surface area contributed by atoms with Crippen molar-refractivity contribution in [2.75, 3.05) is 36.4 Å². The summed E-state index contributed by atoms with van der Waals surface area (Å²) < 4.78 is 5.83. The second-order valence-corrected chi connectivity index (χ2v) is 10.7. The Labute approximate surface area is 229 Å². The number of rotatable bonds is 6. The monoisotopic (exact) mass is 530 g/mol. The first-order valence-electron chi connectivity index (χ1n) is 12.7. The molecular formula is C30H34N4O3S. The quantitative estimate of drug-likeness (QED) is 0.433. The third-order valence-corrected chi connectivity index (χ3v) is 6.47. The van der Waals surface area contributed by atoms with Gasteiger partial charge in [-0.15, -0.1) is 0 Å². The first kappa shape index (κ1) is 27.1.